The molecule has 3 rings (SSSR count). The van der Waals surface area contributed by atoms with Gasteiger partial charge >= 0.3 is 0 Å². The van der Waals surface area contributed by atoms with Gasteiger partial charge in [0.15, 0.2) is 0 Å². The van der Waals surface area contributed by atoms with Crippen LogP contribution in [0.5, 0.6) is 0 Å². The lowest BCUT2D eigenvalue weighted by Crippen LogP contribution is -2.18. The molecule has 2 N–H and O–H groups in total. The van der Waals surface area contributed by atoms with Gasteiger partial charge in [0.2, 0.25) is 0 Å². The van der Waals surface area contributed by atoms with Gasteiger partial charge in [0.05, 0.1) is 16.3 Å². The number of hydrogen-bond donors (Lipinski definition) is 2. The number of hydrogen-bond acceptors (Lipinski definition) is 5. The fourth-order valence-corrected chi connectivity index (χ4v) is 4.45. The summed E-state index contributed by atoms with van der Waals surface area (Å²) in [6.07, 6.45) is 0. The van der Waals surface area contributed by atoms with Crippen LogP contribution in [-0.2, 0) is 10.0 Å². The van der Waals surface area contributed by atoms with Gasteiger partial charge < -0.3 is 10.2 Å². The van der Waals surface area contributed by atoms with Crippen LogP contribution in [0.3, 0.4) is 0 Å². The Morgan fingerprint density at radius 1 is 0.906 bits per heavy atom. The molecule has 32 heavy (non-hydrogen) atoms. The first-order valence-electron chi connectivity index (χ1n) is 9.34. The molecule has 0 aliphatic rings. The molecule has 0 fully saturated rings. The Kier molecular flexibility index (Phi) is 7.16. The van der Waals surface area contributed by atoms with Crippen molar-refractivity contribution < 1.29 is 22.4 Å². The van der Waals surface area contributed by atoms with E-state index in [2.05, 4.69) is 10.0 Å². The van der Waals surface area contributed by atoms with E-state index in [0.717, 1.165) is 17.8 Å². The Labute approximate surface area is 189 Å². The molecule has 7 nitrogen and oxygen atoms in total. The number of halogens is 1. The number of para-hydroxylation sites is 2. The Bertz CT molecular complexity index is 1260. The maximum atomic E-state index is 13.8. The predicted octanol–water partition coefficient (Wildman–Crippen LogP) is 4.65. The lowest BCUT2D eigenvalue weighted by molar-refractivity contribution is 0.102. The van der Waals surface area contributed by atoms with Crippen LogP contribution in [0.2, 0.25) is 0 Å². The predicted molar refractivity (Wildman–Crippen MR) is 123 cm³/mol. The largest absolute Gasteiger partial charge is 0.339 e. The third-order valence-electron chi connectivity index (χ3n) is 4.22. The first-order valence-corrected chi connectivity index (χ1v) is 11.6. The molecule has 166 valence electrons. The molecular formula is C22H20FN3O4S2. The molecule has 0 saturated heterocycles. The van der Waals surface area contributed by atoms with Gasteiger partial charge in [-0.3, -0.25) is 14.3 Å². The second kappa shape index (κ2) is 9.84. The third-order valence-corrected chi connectivity index (χ3v) is 6.70. The lowest BCUT2D eigenvalue weighted by atomic mass is 10.2. The number of sulfonamides is 1. The minimum Gasteiger partial charge on any atom is -0.339 e. The molecule has 0 atom stereocenters. The van der Waals surface area contributed by atoms with Crippen LogP contribution in [-0.4, -0.2) is 38.6 Å². The maximum absolute atomic E-state index is 13.8. The van der Waals surface area contributed by atoms with Gasteiger partial charge in [0, 0.05) is 24.6 Å². The molecule has 3 aromatic carbocycles. The van der Waals surface area contributed by atoms with E-state index in [9.17, 15) is 22.4 Å². The van der Waals surface area contributed by atoms with E-state index in [-0.39, 0.29) is 21.4 Å². The summed E-state index contributed by atoms with van der Waals surface area (Å²) in [5.41, 5.74) is 0.300. The number of rotatable bonds is 6. The minimum atomic E-state index is -4.12. The highest BCUT2D eigenvalue weighted by atomic mass is 32.2. The number of amides is 2. The molecule has 0 saturated carbocycles. The standard InChI is InChI=1S/C22H20FN3O4S2/c1-26(2)22(28)31-20-13-6-5-12-19(20)24-21(27)15-8-7-9-16(14-15)32(29,30)25-18-11-4-3-10-17(18)23/h3-14,25H,1-2H3,(H,24,27). The van der Waals surface area contributed by atoms with Crippen molar-refractivity contribution in [2.45, 2.75) is 9.79 Å². The van der Waals surface area contributed by atoms with Crippen LogP contribution < -0.4 is 10.0 Å². The van der Waals surface area contributed by atoms with Crippen molar-refractivity contribution in [1.82, 2.24) is 4.90 Å². The van der Waals surface area contributed by atoms with E-state index in [1.54, 1.807) is 38.4 Å². The molecule has 0 aliphatic heterocycles. The first kappa shape index (κ1) is 23.3. The van der Waals surface area contributed by atoms with Crippen LogP contribution >= 0.6 is 11.8 Å². The number of benzene rings is 3. The Hall–Kier alpha value is -3.37. The number of anilines is 2. The average molecular weight is 474 g/mol. The molecule has 0 bridgehead atoms. The minimum absolute atomic E-state index is 0.0835. The van der Waals surface area contributed by atoms with E-state index >= 15 is 0 Å². The van der Waals surface area contributed by atoms with Crippen molar-refractivity contribution in [3.63, 3.8) is 0 Å². The molecule has 0 spiro atoms. The Balaban J connectivity index is 1.82. The van der Waals surface area contributed by atoms with Crippen molar-refractivity contribution >= 4 is 44.3 Å². The quantitative estimate of drug-likeness (QED) is 0.508. The van der Waals surface area contributed by atoms with Gasteiger partial charge in [0.1, 0.15) is 5.82 Å². The van der Waals surface area contributed by atoms with Crippen LogP contribution in [0.4, 0.5) is 20.6 Å². The first-order chi connectivity index (χ1) is 15.2. The number of carbonyl (C=O) groups is 2. The van der Waals surface area contributed by atoms with Gasteiger partial charge in [-0.25, -0.2) is 12.8 Å². The van der Waals surface area contributed by atoms with E-state index in [0.29, 0.717) is 10.6 Å². The second-order valence-electron chi connectivity index (χ2n) is 6.83. The summed E-state index contributed by atoms with van der Waals surface area (Å²) in [5.74, 6) is -1.27. The highest BCUT2D eigenvalue weighted by Gasteiger charge is 2.19. The zero-order valence-corrected chi connectivity index (χ0v) is 18.8. The summed E-state index contributed by atoms with van der Waals surface area (Å²) in [5, 5.41) is 2.49. The van der Waals surface area contributed by atoms with Gasteiger partial charge in [-0.05, 0) is 54.2 Å². The number of carbonyl (C=O) groups excluding carboxylic acids is 2. The fourth-order valence-electron chi connectivity index (χ4n) is 2.59. The number of nitrogens with one attached hydrogen (secondary N) is 2. The van der Waals surface area contributed by atoms with Gasteiger partial charge in [-0.15, -0.1) is 0 Å². The monoisotopic (exact) mass is 473 g/mol. The van der Waals surface area contributed by atoms with Crippen molar-refractivity contribution in [2.24, 2.45) is 0 Å². The molecule has 10 heteroatoms. The summed E-state index contributed by atoms with van der Waals surface area (Å²) in [6, 6.07) is 17.5. The van der Waals surface area contributed by atoms with Crippen LogP contribution in [0.15, 0.2) is 82.6 Å². The molecule has 0 aliphatic carbocycles. The Morgan fingerprint density at radius 2 is 1.56 bits per heavy atom. The summed E-state index contributed by atoms with van der Waals surface area (Å²) in [6.45, 7) is 0. The average Bonchev–Trinajstić information content (AvgIpc) is 2.76. The third kappa shape index (κ3) is 5.65. The Morgan fingerprint density at radius 3 is 2.25 bits per heavy atom. The molecule has 0 heterocycles. The van der Waals surface area contributed by atoms with E-state index in [4.69, 9.17) is 0 Å². The van der Waals surface area contributed by atoms with Gasteiger partial charge in [0.25, 0.3) is 21.2 Å². The fraction of sp³-hybridized carbons (Fsp3) is 0.0909. The normalized spacial score (nSPS) is 11.0. The van der Waals surface area contributed by atoms with Gasteiger partial charge in [-0.2, -0.15) is 0 Å². The summed E-state index contributed by atoms with van der Waals surface area (Å²) in [4.78, 5) is 26.6. The van der Waals surface area contributed by atoms with Crippen molar-refractivity contribution in [3.8, 4) is 0 Å². The topological polar surface area (TPSA) is 95.6 Å². The van der Waals surface area contributed by atoms with E-state index in [1.807, 2.05) is 0 Å². The molecule has 0 unspecified atom stereocenters. The van der Waals surface area contributed by atoms with Crippen molar-refractivity contribution in [3.05, 3.63) is 84.2 Å². The van der Waals surface area contributed by atoms with Crippen LogP contribution in [0.25, 0.3) is 0 Å². The SMILES string of the molecule is CN(C)C(=O)Sc1ccccc1NC(=O)c1cccc(S(=O)(=O)Nc2ccccc2F)c1. The van der Waals surface area contributed by atoms with Gasteiger partial charge in [-0.1, -0.05) is 30.3 Å². The molecule has 0 aromatic heterocycles. The molecule has 0 radical (unpaired) electrons. The van der Waals surface area contributed by atoms with E-state index < -0.39 is 21.7 Å². The molecule has 3 aromatic rings. The zero-order valence-electron chi connectivity index (χ0n) is 17.2. The molecule has 2 amide bonds. The number of nitrogens with zero attached hydrogens (tertiary/aromatic N) is 1. The van der Waals surface area contributed by atoms with Crippen LogP contribution in [0.1, 0.15) is 10.4 Å². The van der Waals surface area contributed by atoms with Crippen molar-refractivity contribution in [2.75, 3.05) is 24.1 Å². The summed E-state index contributed by atoms with van der Waals surface area (Å²) in [7, 11) is -0.877. The van der Waals surface area contributed by atoms with E-state index in [1.165, 1.54) is 47.4 Å². The smallest absolute Gasteiger partial charge is 0.286 e. The van der Waals surface area contributed by atoms with Crippen LogP contribution in [0, 0.1) is 5.82 Å². The number of thioether (sulfide) groups is 1. The highest BCUT2D eigenvalue weighted by Crippen LogP contribution is 2.29. The summed E-state index contributed by atoms with van der Waals surface area (Å²) >= 11 is 0.956. The molecular weight excluding hydrogens is 453 g/mol. The zero-order chi connectivity index (χ0) is 23.3. The van der Waals surface area contributed by atoms with Crippen molar-refractivity contribution in [1.29, 1.82) is 0 Å². The highest BCUT2D eigenvalue weighted by molar-refractivity contribution is 8.13. The lowest BCUT2D eigenvalue weighted by Gasteiger charge is -2.13. The summed E-state index contributed by atoms with van der Waals surface area (Å²) < 4.78 is 41.4. The maximum Gasteiger partial charge on any atom is 0.286 e. The second-order valence-corrected chi connectivity index (χ2v) is 9.50.